The number of carbonyl (C=O) groups excluding carboxylic acids is 1. The number of furan rings is 1. The number of nitrogens with one attached hydrogen (secondary N) is 2. The van der Waals surface area contributed by atoms with Crippen LogP contribution in [0.5, 0.6) is 0 Å². The fourth-order valence-electron chi connectivity index (χ4n) is 1.38. The van der Waals surface area contributed by atoms with Crippen molar-refractivity contribution in [3.8, 4) is 0 Å². The number of amides is 2. The molecular formula is C11H16N2O5S. The largest absolute Gasteiger partial charge is 0.478 e. The van der Waals surface area contributed by atoms with Gasteiger partial charge in [-0.2, -0.15) is 0 Å². The molecule has 0 fully saturated rings. The fourth-order valence-corrected chi connectivity index (χ4v) is 1.77. The van der Waals surface area contributed by atoms with Gasteiger partial charge in [0.15, 0.2) is 0 Å². The van der Waals surface area contributed by atoms with Gasteiger partial charge >= 0.3 is 12.0 Å². The van der Waals surface area contributed by atoms with Crippen molar-refractivity contribution in [2.45, 2.75) is 13.5 Å². The maximum Gasteiger partial charge on any atom is 0.339 e. The standard InChI is InChI=1S/C11H16N2O5S/c1-7-9(10(14)15)5-8(18-7)6-13-11(16)12-3-4-19(2)17/h5H,3-4,6H2,1-2H3,(H,14,15)(H2,12,13,16). The summed E-state index contributed by atoms with van der Waals surface area (Å²) in [6.45, 7) is 1.95. The average molecular weight is 288 g/mol. The number of rotatable bonds is 6. The first kappa shape index (κ1) is 15.2. The molecule has 7 nitrogen and oxygen atoms in total. The highest BCUT2D eigenvalue weighted by Crippen LogP contribution is 2.14. The SMILES string of the molecule is Cc1oc(CNC(=O)NCCS(C)=O)cc1C(=O)O. The van der Waals surface area contributed by atoms with E-state index >= 15 is 0 Å². The number of hydrogen-bond acceptors (Lipinski definition) is 4. The molecule has 8 heteroatoms. The van der Waals surface area contributed by atoms with Crippen molar-refractivity contribution in [3.05, 3.63) is 23.2 Å². The lowest BCUT2D eigenvalue weighted by Gasteiger charge is -2.05. The van der Waals surface area contributed by atoms with E-state index in [1.54, 1.807) is 13.2 Å². The van der Waals surface area contributed by atoms with Crippen LogP contribution in [0.1, 0.15) is 21.9 Å². The Bertz CT molecular complexity index is 497. The lowest BCUT2D eigenvalue weighted by molar-refractivity contribution is 0.0695. The highest BCUT2D eigenvalue weighted by molar-refractivity contribution is 7.84. The third-order valence-corrected chi connectivity index (χ3v) is 3.08. The van der Waals surface area contributed by atoms with Crippen LogP contribution in [0, 0.1) is 6.92 Å². The van der Waals surface area contributed by atoms with Crippen LogP contribution >= 0.6 is 0 Å². The number of carboxylic acid groups (broad SMARTS) is 1. The van der Waals surface area contributed by atoms with Crippen LogP contribution in [0.4, 0.5) is 4.79 Å². The highest BCUT2D eigenvalue weighted by Gasteiger charge is 2.13. The van der Waals surface area contributed by atoms with Crippen LogP contribution < -0.4 is 10.6 Å². The van der Waals surface area contributed by atoms with Crippen molar-refractivity contribution in [3.63, 3.8) is 0 Å². The average Bonchev–Trinajstić information content (AvgIpc) is 2.67. The summed E-state index contributed by atoms with van der Waals surface area (Å²) < 4.78 is 16.0. The molecular weight excluding hydrogens is 272 g/mol. The normalized spacial score (nSPS) is 11.9. The second kappa shape index (κ2) is 6.93. The Kier molecular flexibility index (Phi) is 5.56. The van der Waals surface area contributed by atoms with Crippen molar-refractivity contribution in [2.75, 3.05) is 18.6 Å². The molecule has 0 aromatic carbocycles. The van der Waals surface area contributed by atoms with Gasteiger partial charge in [0.05, 0.1) is 6.54 Å². The minimum atomic E-state index is -1.07. The molecule has 0 aliphatic carbocycles. The Morgan fingerprint density at radius 2 is 2.11 bits per heavy atom. The molecule has 0 spiro atoms. The van der Waals surface area contributed by atoms with E-state index in [0.717, 1.165) is 0 Å². The molecule has 106 valence electrons. The maximum absolute atomic E-state index is 11.3. The molecule has 3 N–H and O–H groups in total. The number of carbonyl (C=O) groups is 2. The van der Waals surface area contributed by atoms with Gasteiger partial charge in [-0.15, -0.1) is 0 Å². The van der Waals surface area contributed by atoms with Gasteiger partial charge < -0.3 is 20.2 Å². The molecule has 1 rings (SSSR count). The summed E-state index contributed by atoms with van der Waals surface area (Å²) in [6.07, 6.45) is 1.55. The van der Waals surface area contributed by atoms with Crippen molar-refractivity contribution in [1.29, 1.82) is 0 Å². The Morgan fingerprint density at radius 1 is 1.42 bits per heavy atom. The lowest BCUT2D eigenvalue weighted by atomic mass is 10.2. The van der Waals surface area contributed by atoms with E-state index in [4.69, 9.17) is 9.52 Å². The quantitative estimate of drug-likeness (QED) is 0.705. The molecule has 0 radical (unpaired) electrons. The van der Waals surface area contributed by atoms with Crippen LogP contribution in [0.3, 0.4) is 0 Å². The summed E-state index contributed by atoms with van der Waals surface area (Å²) in [5.74, 6) is -0.0197. The molecule has 1 unspecified atom stereocenters. The summed E-state index contributed by atoms with van der Waals surface area (Å²) in [4.78, 5) is 22.1. The zero-order valence-corrected chi connectivity index (χ0v) is 11.5. The van der Waals surface area contributed by atoms with Gasteiger partial charge in [-0.05, 0) is 13.0 Å². The molecule has 0 aliphatic heterocycles. The maximum atomic E-state index is 11.3. The summed E-state index contributed by atoms with van der Waals surface area (Å²) in [5.41, 5.74) is 0.0820. The van der Waals surface area contributed by atoms with Gasteiger partial charge in [0.25, 0.3) is 0 Å². The number of hydrogen-bond donors (Lipinski definition) is 3. The van der Waals surface area contributed by atoms with Gasteiger partial charge in [0.2, 0.25) is 0 Å². The predicted octanol–water partition coefficient (Wildman–Crippen LogP) is 0.464. The minimum Gasteiger partial charge on any atom is -0.478 e. The first-order chi connectivity index (χ1) is 8.90. The monoisotopic (exact) mass is 288 g/mol. The zero-order chi connectivity index (χ0) is 14.4. The third-order valence-electron chi connectivity index (χ3n) is 2.30. The van der Waals surface area contributed by atoms with Crippen molar-refractivity contribution < 1.29 is 23.3 Å². The first-order valence-electron chi connectivity index (χ1n) is 5.54. The molecule has 1 aromatic heterocycles. The van der Waals surface area contributed by atoms with Crippen LogP contribution in [0.2, 0.25) is 0 Å². The van der Waals surface area contributed by atoms with Gasteiger partial charge in [0.1, 0.15) is 17.1 Å². The van der Waals surface area contributed by atoms with E-state index in [0.29, 0.717) is 23.8 Å². The number of aryl methyl sites for hydroxylation is 1. The summed E-state index contributed by atoms with van der Waals surface area (Å²) in [6, 6.07) is 0.954. The van der Waals surface area contributed by atoms with Crippen molar-refractivity contribution in [2.24, 2.45) is 0 Å². The molecule has 1 heterocycles. The van der Waals surface area contributed by atoms with Crippen molar-refractivity contribution >= 4 is 22.8 Å². The van der Waals surface area contributed by atoms with Crippen LogP contribution in [-0.2, 0) is 17.3 Å². The topological polar surface area (TPSA) is 109 Å². The second-order valence-electron chi connectivity index (χ2n) is 3.87. The van der Waals surface area contributed by atoms with E-state index < -0.39 is 22.8 Å². The highest BCUT2D eigenvalue weighted by atomic mass is 32.2. The molecule has 0 saturated heterocycles. The van der Waals surface area contributed by atoms with E-state index in [9.17, 15) is 13.8 Å². The Labute approximate surface area is 112 Å². The molecule has 1 atom stereocenters. The fraction of sp³-hybridized carbons (Fsp3) is 0.455. The molecule has 1 aromatic rings. The molecule has 19 heavy (non-hydrogen) atoms. The number of urea groups is 1. The lowest BCUT2D eigenvalue weighted by Crippen LogP contribution is -2.36. The first-order valence-corrected chi connectivity index (χ1v) is 7.27. The summed E-state index contributed by atoms with van der Waals surface area (Å²) in [5, 5.41) is 13.9. The number of aromatic carboxylic acids is 1. The van der Waals surface area contributed by atoms with Gasteiger partial charge in [-0.25, -0.2) is 9.59 Å². The van der Waals surface area contributed by atoms with Gasteiger partial charge in [0, 0.05) is 29.4 Å². The molecule has 2 amide bonds. The molecule has 0 aliphatic rings. The predicted molar refractivity (Wildman–Crippen MR) is 69.6 cm³/mol. The van der Waals surface area contributed by atoms with E-state index in [1.807, 2.05) is 0 Å². The van der Waals surface area contributed by atoms with Gasteiger partial charge in [-0.1, -0.05) is 0 Å². The number of carboxylic acids is 1. The Balaban J connectivity index is 2.40. The Morgan fingerprint density at radius 3 is 2.63 bits per heavy atom. The van der Waals surface area contributed by atoms with Gasteiger partial charge in [-0.3, -0.25) is 4.21 Å². The third kappa shape index (κ3) is 5.12. The van der Waals surface area contributed by atoms with E-state index in [2.05, 4.69) is 10.6 Å². The second-order valence-corrected chi connectivity index (χ2v) is 5.43. The van der Waals surface area contributed by atoms with E-state index in [-0.39, 0.29) is 12.1 Å². The van der Waals surface area contributed by atoms with Crippen molar-refractivity contribution in [1.82, 2.24) is 10.6 Å². The smallest absolute Gasteiger partial charge is 0.339 e. The van der Waals surface area contributed by atoms with Crippen LogP contribution in [0.25, 0.3) is 0 Å². The summed E-state index contributed by atoms with van der Waals surface area (Å²) in [7, 11) is -0.953. The van der Waals surface area contributed by atoms with Crippen LogP contribution in [0.15, 0.2) is 10.5 Å². The summed E-state index contributed by atoms with van der Waals surface area (Å²) >= 11 is 0. The minimum absolute atomic E-state index is 0.0820. The molecule has 0 saturated carbocycles. The van der Waals surface area contributed by atoms with E-state index in [1.165, 1.54) is 6.07 Å². The zero-order valence-electron chi connectivity index (χ0n) is 10.7. The molecule has 0 bridgehead atoms. The Hall–Kier alpha value is -1.83. The van der Waals surface area contributed by atoms with Crippen LogP contribution in [-0.4, -0.2) is 39.9 Å².